The van der Waals surface area contributed by atoms with Crippen LogP contribution >= 0.6 is 0 Å². The van der Waals surface area contributed by atoms with Crippen LogP contribution in [0.3, 0.4) is 0 Å². The summed E-state index contributed by atoms with van der Waals surface area (Å²) < 4.78 is 5.93. The van der Waals surface area contributed by atoms with Gasteiger partial charge in [-0.15, -0.1) is 0 Å². The molecule has 1 aromatic rings. The third-order valence-electron chi connectivity index (χ3n) is 4.54. The first-order valence-corrected chi connectivity index (χ1v) is 8.11. The van der Waals surface area contributed by atoms with Crippen molar-refractivity contribution >= 4 is 5.91 Å². The van der Waals surface area contributed by atoms with E-state index in [0.717, 1.165) is 24.3 Å². The molecule has 0 bridgehead atoms. The fourth-order valence-electron chi connectivity index (χ4n) is 2.93. The molecule has 1 fully saturated rings. The van der Waals surface area contributed by atoms with Gasteiger partial charge in [0.2, 0.25) is 0 Å². The highest BCUT2D eigenvalue weighted by molar-refractivity contribution is 5.81. The van der Waals surface area contributed by atoms with Crippen LogP contribution < -0.4 is 10.5 Å². The van der Waals surface area contributed by atoms with Crippen molar-refractivity contribution in [1.29, 1.82) is 0 Å². The van der Waals surface area contributed by atoms with Crippen LogP contribution in [0.4, 0.5) is 0 Å². The monoisotopic (exact) mass is 304 g/mol. The summed E-state index contributed by atoms with van der Waals surface area (Å²) in [6.07, 6.45) is 1.09. The largest absolute Gasteiger partial charge is 0.481 e. The van der Waals surface area contributed by atoms with Gasteiger partial charge in [0.05, 0.1) is 0 Å². The molecule has 2 N–H and O–H groups in total. The molecule has 1 amide bonds. The van der Waals surface area contributed by atoms with E-state index in [0.29, 0.717) is 13.0 Å². The van der Waals surface area contributed by atoms with E-state index >= 15 is 0 Å². The van der Waals surface area contributed by atoms with Crippen LogP contribution in [0.5, 0.6) is 5.75 Å². The number of piperidine rings is 1. The number of benzene rings is 1. The summed E-state index contributed by atoms with van der Waals surface area (Å²) >= 11 is 0. The molecule has 1 aliphatic rings. The highest BCUT2D eigenvalue weighted by Crippen LogP contribution is 2.28. The van der Waals surface area contributed by atoms with Gasteiger partial charge in [-0.1, -0.05) is 32.9 Å². The molecule has 0 spiro atoms. The Labute approximate surface area is 133 Å². The first-order valence-electron chi connectivity index (χ1n) is 8.11. The summed E-state index contributed by atoms with van der Waals surface area (Å²) in [6.45, 7) is 9.67. The highest BCUT2D eigenvalue weighted by Gasteiger charge is 2.37. The number of aryl methyl sites for hydroxylation is 1. The van der Waals surface area contributed by atoms with Gasteiger partial charge in [0.1, 0.15) is 5.75 Å². The van der Waals surface area contributed by atoms with E-state index in [1.165, 1.54) is 0 Å². The zero-order valence-corrected chi connectivity index (χ0v) is 14.1. The lowest BCUT2D eigenvalue weighted by Crippen LogP contribution is -2.56. The van der Waals surface area contributed by atoms with Gasteiger partial charge < -0.3 is 15.4 Å². The Morgan fingerprint density at radius 2 is 2.23 bits per heavy atom. The average Bonchev–Trinajstić information content (AvgIpc) is 2.47. The third kappa shape index (κ3) is 3.80. The van der Waals surface area contributed by atoms with Crippen LogP contribution in [0.15, 0.2) is 24.3 Å². The van der Waals surface area contributed by atoms with E-state index in [-0.39, 0.29) is 17.4 Å². The minimum Gasteiger partial charge on any atom is -0.481 e. The third-order valence-corrected chi connectivity index (χ3v) is 4.54. The molecule has 1 aliphatic heterocycles. The zero-order valence-electron chi connectivity index (χ0n) is 14.1. The SMILES string of the molecule is CCC(Oc1cccc(C)c1)C(=O)N1CCC(N)C(C)(C)C1. The first-order chi connectivity index (χ1) is 10.3. The van der Waals surface area contributed by atoms with Gasteiger partial charge >= 0.3 is 0 Å². The minimum absolute atomic E-state index is 0.0461. The number of hydrogen-bond donors (Lipinski definition) is 1. The summed E-state index contributed by atoms with van der Waals surface area (Å²) in [5, 5.41) is 0. The normalized spacial score (nSPS) is 22.2. The number of hydrogen-bond acceptors (Lipinski definition) is 3. The Hall–Kier alpha value is -1.55. The van der Waals surface area contributed by atoms with Crippen molar-refractivity contribution in [2.24, 2.45) is 11.1 Å². The molecule has 2 unspecified atom stereocenters. The van der Waals surface area contributed by atoms with E-state index in [9.17, 15) is 4.79 Å². The molecule has 0 radical (unpaired) electrons. The molecule has 122 valence electrons. The standard InChI is InChI=1S/C18H28N2O2/c1-5-15(22-14-8-6-7-13(2)11-14)17(21)20-10-9-16(19)18(3,4)12-20/h6-8,11,15-16H,5,9-10,12,19H2,1-4H3. The van der Waals surface area contributed by atoms with E-state index in [4.69, 9.17) is 10.5 Å². The van der Waals surface area contributed by atoms with Gasteiger partial charge in [0, 0.05) is 19.1 Å². The Bertz CT molecular complexity index is 528. The number of amides is 1. The van der Waals surface area contributed by atoms with E-state index < -0.39 is 6.10 Å². The number of likely N-dealkylation sites (tertiary alicyclic amines) is 1. The van der Waals surface area contributed by atoms with E-state index in [1.54, 1.807) is 0 Å². The summed E-state index contributed by atoms with van der Waals surface area (Å²) in [5.41, 5.74) is 7.24. The average molecular weight is 304 g/mol. The zero-order chi connectivity index (χ0) is 16.3. The molecule has 0 saturated carbocycles. The quantitative estimate of drug-likeness (QED) is 0.930. The van der Waals surface area contributed by atoms with Crippen LogP contribution in [0.25, 0.3) is 0 Å². The van der Waals surface area contributed by atoms with Crippen molar-refractivity contribution in [2.75, 3.05) is 13.1 Å². The minimum atomic E-state index is -0.424. The Kier molecular flexibility index (Phi) is 5.12. The lowest BCUT2D eigenvalue weighted by molar-refractivity contribution is -0.142. The molecule has 2 rings (SSSR count). The molecule has 4 nitrogen and oxygen atoms in total. The maximum absolute atomic E-state index is 12.8. The molecule has 1 saturated heterocycles. The van der Waals surface area contributed by atoms with Crippen LogP contribution in [0.1, 0.15) is 39.2 Å². The van der Waals surface area contributed by atoms with Crippen molar-refractivity contribution in [3.8, 4) is 5.75 Å². The van der Waals surface area contributed by atoms with Crippen molar-refractivity contribution in [1.82, 2.24) is 4.90 Å². The molecule has 4 heteroatoms. The maximum Gasteiger partial charge on any atom is 0.263 e. The second-order valence-corrected chi connectivity index (χ2v) is 6.97. The van der Waals surface area contributed by atoms with Gasteiger partial charge in [-0.3, -0.25) is 4.79 Å². The number of carbonyl (C=O) groups is 1. The van der Waals surface area contributed by atoms with Crippen LogP contribution in [0, 0.1) is 12.3 Å². The molecule has 2 atom stereocenters. The molecule has 22 heavy (non-hydrogen) atoms. The summed E-state index contributed by atoms with van der Waals surface area (Å²) in [7, 11) is 0. The van der Waals surface area contributed by atoms with Gasteiger partial charge in [-0.2, -0.15) is 0 Å². The number of ether oxygens (including phenoxy) is 1. The van der Waals surface area contributed by atoms with Crippen LogP contribution in [0.2, 0.25) is 0 Å². The Balaban J connectivity index is 2.06. The summed E-state index contributed by atoms with van der Waals surface area (Å²) in [5.74, 6) is 0.831. The van der Waals surface area contributed by atoms with Gasteiger partial charge in [-0.05, 0) is 42.9 Å². The van der Waals surface area contributed by atoms with Crippen LogP contribution in [-0.4, -0.2) is 36.0 Å². The summed E-state index contributed by atoms with van der Waals surface area (Å²) in [6, 6.07) is 7.98. The topological polar surface area (TPSA) is 55.6 Å². The van der Waals surface area contributed by atoms with Crippen molar-refractivity contribution in [3.05, 3.63) is 29.8 Å². The van der Waals surface area contributed by atoms with Crippen molar-refractivity contribution < 1.29 is 9.53 Å². The highest BCUT2D eigenvalue weighted by atomic mass is 16.5. The smallest absolute Gasteiger partial charge is 0.263 e. The van der Waals surface area contributed by atoms with E-state index in [2.05, 4.69) is 13.8 Å². The molecule has 1 heterocycles. The number of nitrogens with zero attached hydrogens (tertiary/aromatic N) is 1. The second kappa shape index (κ2) is 6.69. The molecular formula is C18H28N2O2. The predicted molar refractivity (Wildman–Crippen MR) is 88.8 cm³/mol. The molecular weight excluding hydrogens is 276 g/mol. The Morgan fingerprint density at radius 3 is 2.82 bits per heavy atom. The second-order valence-electron chi connectivity index (χ2n) is 6.97. The van der Waals surface area contributed by atoms with Gasteiger partial charge in [0.15, 0.2) is 6.10 Å². The maximum atomic E-state index is 12.8. The molecule has 1 aromatic carbocycles. The first kappa shape index (κ1) is 16.8. The lowest BCUT2D eigenvalue weighted by atomic mass is 9.79. The van der Waals surface area contributed by atoms with Gasteiger partial charge in [0.25, 0.3) is 5.91 Å². The fraction of sp³-hybridized carbons (Fsp3) is 0.611. The van der Waals surface area contributed by atoms with E-state index in [1.807, 2.05) is 43.0 Å². The molecule has 0 aromatic heterocycles. The summed E-state index contributed by atoms with van der Waals surface area (Å²) in [4.78, 5) is 14.7. The van der Waals surface area contributed by atoms with Gasteiger partial charge in [-0.25, -0.2) is 0 Å². The lowest BCUT2D eigenvalue weighted by Gasteiger charge is -2.43. The van der Waals surface area contributed by atoms with Crippen molar-refractivity contribution in [3.63, 3.8) is 0 Å². The number of carbonyl (C=O) groups excluding carboxylic acids is 1. The number of nitrogens with two attached hydrogens (primary N) is 1. The number of rotatable bonds is 4. The Morgan fingerprint density at radius 1 is 1.50 bits per heavy atom. The van der Waals surface area contributed by atoms with Crippen LogP contribution in [-0.2, 0) is 4.79 Å². The van der Waals surface area contributed by atoms with Crippen molar-refractivity contribution in [2.45, 2.75) is 52.7 Å². The predicted octanol–water partition coefficient (Wildman–Crippen LogP) is 2.74. The molecule has 0 aliphatic carbocycles. The fourth-order valence-corrected chi connectivity index (χ4v) is 2.93.